The van der Waals surface area contributed by atoms with Gasteiger partial charge in [-0.05, 0) is 50.4 Å². The Balaban J connectivity index is 1.20. The molecule has 7 nitrogen and oxygen atoms in total. The van der Waals surface area contributed by atoms with E-state index in [9.17, 15) is 4.79 Å². The molecular formula is C20H25N3O4. The van der Waals surface area contributed by atoms with Crippen molar-refractivity contribution in [1.82, 2.24) is 9.80 Å². The number of fused-ring (bicyclic) bond motifs is 1. The third-order valence-electron chi connectivity index (χ3n) is 5.61. The fourth-order valence-electron chi connectivity index (χ4n) is 3.99. The highest BCUT2D eigenvalue weighted by Gasteiger charge is 2.28. The van der Waals surface area contributed by atoms with Crippen LogP contribution in [0.25, 0.3) is 0 Å². The van der Waals surface area contributed by atoms with E-state index in [0.717, 1.165) is 57.7 Å². The number of nitriles is 1. The fraction of sp³-hybridized carbons (Fsp3) is 0.600. The predicted molar refractivity (Wildman–Crippen MR) is 97.8 cm³/mol. The Kier molecular flexibility index (Phi) is 5.35. The van der Waals surface area contributed by atoms with Crippen LogP contribution in [0.3, 0.4) is 0 Å². The van der Waals surface area contributed by atoms with E-state index in [4.69, 9.17) is 19.5 Å². The molecule has 2 fully saturated rings. The molecule has 0 aromatic heterocycles. The summed E-state index contributed by atoms with van der Waals surface area (Å²) in [5.74, 6) is 2.05. The van der Waals surface area contributed by atoms with Crippen molar-refractivity contribution >= 4 is 6.09 Å². The maximum atomic E-state index is 11.5. The Labute approximate surface area is 159 Å². The van der Waals surface area contributed by atoms with Gasteiger partial charge in [0, 0.05) is 19.2 Å². The fourth-order valence-corrected chi connectivity index (χ4v) is 3.99. The highest BCUT2D eigenvalue weighted by molar-refractivity contribution is 5.69. The number of nitrogens with zero attached hydrogens (tertiary/aromatic N) is 3. The number of piperidine rings is 1. The zero-order valence-corrected chi connectivity index (χ0v) is 15.4. The van der Waals surface area contributed by atoms with Crippen LogP contribution in [-0.2, 0) is 4.74 Å². The lowest BCUT2D eigenvalue weighted by Crippen LogP contribution is -2.44. The standard InChI is InChI=1S/C20H25N3O4/c21-12-16-1-2-18-19(11-16)26-14-17(27-18)13-22-6-3-15(4-7-22)5-8-23-9-10-25-20(23)24/h1-2,11,15,17H,3-10,13-14H2/t17-/m0/s1. The number of carbonyl (C=O) groups is 1. The molecule has 1 atom stereocenters. The van der Waals surface area contributed by atoms with E-state index < -0.39 is 0 Å². The van der Waals surface area contributed by atoms with E-state index in [2.05, 4.69) is 11.0 Å². The van der Waals surface area contributed by atoms with Crippen LogP contribution >= 0.6 is 0 Å². The van der Waals surface area contributed by atoms with E-state index in [1.807, 2.05) is 11.0 Å². The van der Waals surface area contributed by atoms with Crippen LogP contribution < -0.4 is 9.47 Å². The summed E-state index contributed by atoms with van der Waals surface area (Å²) in [6.07, 6.45) is 3.21. The van der Waals surface area contributed by atoms with Crippen LogP contribution in [0.5, 0.6) is 11.5 Å². The minimum atomic E-state index is -0.163. The average molecular weight is 371 g/mol. The summed E-state index contributed by atoms with van der Waals surface area (Å²) in [6, 6.07) is 7.42. The highest BCUT2D eigenvalue weighted by Crippen LogP contribution is 2.33. The number of hydrogen-bond donors (Lipinski definition) is 0. The van der Waals surface area contributed by atoms with E-state index in [0.29, 0.717) is 30.4 Å². The van der Waals surface area contributed by atoms with Crippen molar-refractivity contribution in [2.75, 3.05) is 45.9 Å². The molecule has 0 unspecified atom stereocenters. The lowest BCUT2D eigenvalue weighted by Gasteiger charge is -2.36. The molecule has 0 saturated carbocycles. The SMILES string of the molecule is N#Cc1ccc2c(c1)OC[C@H](CN1CCC(CCN3CCOC3=O)CC1)O2. The highest BCUT2D eigenvalue weighted by atomic mass is 16.6. The van der Waals surface area contributed by atoms with Crippen LogP contribution in [0, 0.1) is 17.2 Å². The summed E-state index contributed by atoms with van der Waals surface area (Å²) in [5, 5.41) is 8.96. The average Bonchev–Trinajstić information content (AvgIpc) is 3.12. The van der Waals surface area contributed by atoms with Gasteiger partial charge in [0.15, 0.2) is 11.5 Å². The maximum Gasteiger partial charge on any atom is 0.409 e. The number of ether oxygens (including phenoxy) is 3. The van der Waals surface area contributed by atoms with Crippen molar-refractivity contribution in [2.45, 2.75) is 25.4 Å². The van der Waals surface area contributed by atoms with Crippen molar-refractivity contribution in [3.8, 4) is 17.6 Å². The first-order valence-corrected chi connectivity index (χ1v) is 9.69. The Bertz CT molecular complexity index is 724. The summed E-state index contributed by atoms with van der Waals surface area (Å²) in [6.45, 7) is 5.54. The third kappa shape index (κ3) is 4.28. The van der Waals surface area contributed by atoms with Crippen LogP contribution in [0.4, 0.5) is 4.79 Å². The maximum absolute atomic E-state index is 11.5. The van der Waals surface area contributed by atoms with E-state index in [1.165, 1.54) is 0 Å². The summed E-state index contributed by atoms with van der Waals surface area (Å²) in [7, 11) is 0. The molecule has 0 aliphatic carbocycles. The van der Waals surface area contributed by atoms with Gasteiger partial charge in [0.25, 0.3) is 0 Å². The lowest BCUT2D eigenvalue weighted by molar-refractivity contribution is 0.0467. The van der Waals surface area contributed by atoms with Gasteiger partial charge < -0.3 is 19.1 Å². The van der Waals surface area contributed by atoms with Crippen LogP contribution in [0.2, 0.25) is 0 Å². The van der Waals surface area contributed by atoms with Gasteiger partial charge in [-0.3, -0.25) is 4.90 Å². The van der Waals surface area contributed by atoms with Crippen LogP contribution in [0.15, 0.2) is 18.2 Å². The van der Waals surface area contributed by atoms with Gasteiger partial charge in [-0.1, -0.05) is 0 Å². The molecule has 0 bridgehead atoms. The Morgan fingerprint density at radius 1 is 1.15 bits per heavy atom. The quantitative estimate of drug-likeness (QED) is 0.790. The molecule has 0 spiro atoms. The number of cyclic esters (lactones) is 1. The van der Waals surface area contributed by atoms with E-state index in [1.54, 1.807) is 12.1 Å². The first-order valence-electron chi connectivity index (χ1n) is 9.69. The topological polar surface area (TPSA) is 75.0 Å². The second kappa shape index (κ2) is 8.05. The van der Waals surface area contributed by atoms with Crippen molar-refractivity contribution < 1.29 is 19.0 Å². The molecule has 144 valence electrons. The van der Waals surface area contributed by atoms with Gasteiger partial charge in [0.1, 0.15) is 19.3 Å². The monoisotopic (exact) mass is 371 g/mol. The summed E-state index contributed by atoms with van der Waals surface area (Å²) in [4.78, 5) is 15.7. The van der Waals surface area contributed by atoms with Crippen molar-refractivity contribution in [1.29, 1.82) is 5.26 Å². The molecule has 3 aliphatic heterocycles. The van der Waals surface area contributed by atoms with E-state index in [-0.39, 0.29) is 12.2 Å². The molecule has 1 amide bonds. The first kappa shape index (κ1) is 17.9. The molecular weight excluding hydrogens is 346 g/mol. The predicted octanol–water partition coefficient (Wildman–Crippen LogP) is 2.25. The Hall–Kier alpha value is -2.46. The number of rotatable bonds is 5. The second-order valence-corrected chi connectivity index (χ2v) is 7.46. The lowest BCUT2D eigenvalue weighted by atomic mass is 9.93. The van der Waals surface area contributed by atoms with Gasteiger partial charge in [-0.2, -0.15) is 5.26 Å². The molecule has 7 heteroatoms. The van der Waals surface area contributed by atoms with Crippen molar-refractivity contribution in [2.24, 2.45) is 5.92 Å². The normalized spacial score (nSPS) is 23.1. The molecule has 2 saturated heterocycles. The third-order valence-corrected chi connectivity index (χ3v) is 5.61. The molecule has 4 rings (SSSR count). The smallest absolute Gasteiger partial charge is 0.409 e. The Morgan fingerprint density at radius 2 is 2.00 bits per heavy atom. The number of benzene rings is 1. The minimum Gasteiger partial charge on any atom is -0.486 e. The van der Waals surface area contributed by atoms with Crippen LogP contribution in [0.1, 0.15) is 24.8 Å². The number of likely N-dealkylation sites (tertiary alicyclic amines) is 1. The molecule has 27 heavy (non-hydrogen) atoms. The zero-order valence-electron chi connectivity index (χ0n) is 15.4. The number of hydrogen-bond acceptors (Lipinski definition) is 6. The summed E-state index contributed by atoms with van der Waals surface area (Å²) >= 11 is 0. The van der Waals surface area contributed by atoms with Crippen molar-refractivity contribution in [3.05, 3.63) is 23.8 Å². The summed E-state index contributed by atoms with van der Waals surface area (Å²) < 4.78 is 16.8. The van der Waals surface area contributed by atoms with Gasteiger partial charge >= 0.3 is 6.09 Å². The minimum absolute atomic E-state index is 0.0151. The van der Waals surface area contributed by atoms with Gasteiger partial charge in [0.05, 0.1) is 18.2 Å². The van der Waals surface area contributed by atoms with Gasteiger partial charge in [-0.15, -0.1) is 0 Å². The van der Waals surface area contributed by atoms with Gasteiger partial charge in [0.2, 0.25) is 0 Å². The molecule has 3 heterocycles. The molecule has 0 radical (unpaired) electrons. The zero-order chi connectivity index (χ0) is 18.6. The van der Waals surface area contributed by atoms with Crippen LogP contribution in [-0.4, -0.2) is 67.9 Å². The largest absolute Gasteiger partial charge is 0.486 e. The number of carbonyl (C=O) groups excluding carboxylic acids is 1. The molecule has 3 aliphatic rings. The van der Waals surface area contributed by atoms with Crippen molar-refractivity contribution in [3.63, 3.8) is 0 Å². The molecule has 1 aromatic rings. The number of amides is 1. The van der Waals surface area contributed by atoms with E-state index >= 15 is 0 Å². The van der Waals surface area contributed by atoms with Gasteiger partial charge in [-0.25, -0.2) is 4.79 Å². The molecule has 1 aromatic carbocycles. The first-order chi connectivity index (χ1) is 13.2. The Morgan fingerprint density at radius 3 is 2.74 bits per heavy atom. The summed E-state index contributed by atoms with van der Waals surface area (Å²) in [5.41, 5.74) is 0.583. The molecule has 0 N–H and O–H groups in total. The second-order valence-electron chi connectivity index (χ2n) is 7.46.